The topological polar surface area (TPSA) is 22.1 Å². The molecule has 1 aromatic heterocycles. The van der Waals surface area contributed by atoms with Gasteiger partial charge < -0.3 is 4.74 Å². The van der Waals surface area contributed by atoms with Gasteiger partial charge in [-0.3, -0.25) is 0 Å². The SMILES string of the molecule is COc1ccc(-c2nc(Cl)cs2)cc1Br. The van der Waals surface area contributed by atoms with Gasteiger partial charge in [-0.05, 0) is 34.1 Å². The highest BCUT2D eigenvalue weighted by molar-refractivity contribution is 9.10. The van der Waals surface area contributed by atoms with Gasteiger partial charge in [-0.25, -0.2) is 4.98 Å². The van der Waals surface area contributed by atoms with Crippen LogP contribution in [0.3, 0.4) is 0 Å². The van der Waals surface area contributed by atoms with E-state index in [0.717, 1.165) is 20.8 Å². The number of halogens is 2. The largest absolute Gasteiger partial charge is 0.496 e. The number of ether oxygens (including phenoxy) is 1. The molecular formula is C10H7BrClNOS. The molecule has 2 nitrogen and oxygen atoms in total. The van der Waals surface area contributed by atoms with Crippen LogP contribution < -0.4 is 4.74 Å². The molecule has 1 aromatic carbocycles. The van der Waals surface area contributed by atoms with E-state index in [2.05, 4.69) is 20.9 Å². The number of nitrogens with zero attached hydrogens (tertiary/aromatic N) is 1. The molecule has 0 N–H and O–H groups in total. The fraction of sp³-hybridized carbons (Fsp3) is 0.100. The van der Waals surface area contributed by atoms with Gasteiger partial charge >= 0.3 is 0 Å². The van der Waals surface area contributed by atoms with Crippen molar-refractivity contribution < 1.29 is 4.74 Å². The number of benzene rings is 1. The van der Waals surface area contributed by atoms with Gasteiger partial charge in [0, 0.05) is 10.9 Å². The Morgan fingerprint density at radius 3 is 2.80 bits per heavy atom. The normalized spacial score (nSPS) is 10.3. The molecule has 0 unspecified atom stereocenters. The van der Waals surface area contributed by atoms with Gasteiger partial charge in [0.15, 0.2) is 0 Å². The fourth-order valence-corrected chi connectivity index (χ4v) is 2.67. The number of hydrogen-bond donors (Lipinski definition) is 0. The Balaban J connectivity index is 2.42. The smallest absolute Gasteiger partial charge is 0.140 e. The molecular weight excluding hydrogens is 298 g/mol. The molecule has 2 rings (SSSR count). The third-order valence-corrected chi connectivity index (χ3v) is 3.71. The van der Waals surface area contributed by atoms with E-state index in [1.165, 1.54) is 11.3 Å². The van der Waals surface area contributed by atoms with Crippen molar-refractivity contribution in [3.63, 3.8) is 0 Å². The highest BCUT2D eigenvalue weighted by Crippen LogP contribution is 2.32. The molecule has 5 heteroatoms. The highest BCUT2D eigenvalue weighted by atomic mass is 79.9. The predicted octanol–water partition coefficient (Wildman–Crippen LogP) is 4.23. The predicted molar refractivity (Wildman–Crippen MR) is 66.8 cm³/mol. The maximum absolute atomic E-state index is 5.77. The van der Waals surface area contributed by atoms with E-state index in [1.54, 1.807) is 7.11 Å². The molecule has 0 aliphatic heterocycles. The Morgan fingerprint density at radius 1 is 1.47 bits per heavy atom. The Kier molecular flexibility index (Phi) is 3.29. The number of rotatable bonds is 2. The monoisotopic (exact) mass is 303 g/mol. The summed E-state index contributed by atoms with van der Waals surface area (Å²) in [5.74, 6) is 0.807. The van der Waals surface area contributed by atoms with Gasteiger partial charge in [0.2, 0.25) is 0 Å². The maximum atomic E-state index is 5.77. The zero-order valence-electron chi connectivity index (χ0n) is 7.83. The second-order valence-electron chi connectivity index (χ2n) is 2.82. The summed E-state index contributed by atoms with van der Waals surface area (Å²) in [5.41, 5.74) is 1.03. The van der Waals surface area contributed by atoms with Crippen molar-refractivity contribution in [1.29, 1.82) is 0 Å². The molecule has 0 fully saturated rings. The van der Waals surface area contributed by atoms with Crippen molar-refractivity contribution in [3.05, 3.63) is 33.2 Å². The summed E-state index contributed by atoms with van der Waals surface area (Å²) in [7, 11) is 1.64. The third kappa shape index (κ3) is 2.33. The summed E-state index contributed by atoms with van der Waals surface area (Å²) in [6, 6.07) is 5.82. The second-order valence-corrected chi connectivity index (χ2v) is 4.92. The van der Waals surface area contributed by atoms with E-state index in [1.807, 2.05) is 23.6 Å². The molecule has 1 heterocycles. The molecule has 0 atom stereocenters. The van der Waals surface area contributed by atoms with Gasteiger partial charge in [0.05, 0.1) is 11.6 Å². The van der Waals surface area contributed by atoms with Crippen molar-refractivity contribution >= 4 is 38.9 Å². The molecule has 78 valence electrons. The molecule has 0 spiro atoms. The minimum Gasteiger partial charge on any atom is -0.496 e. The van der Waals surface area contributed by atoms with E-state index in [4.69, 9.17) is 16.3 Å². The average Bonchev–Trinajstić information content (AvgIpc) is 2.65. The third-order valence-electron chi connectivity index (χ3n) is 1.87. The highest BCUT2D eigenvalue weighted by Gasteiger charge is 2.06. The van der Waals surface area contributed by atoms with Crippen molar-refractivity contribution in [1.82, 2.24) is 4.98 Å². The lowest BCUT2D eigenvalue weighted by Crippen LogP contribution is -1.84. The zero-order valence-corrected chi connectivity index (χ0v) is 11.0. The lowest BCUT2D eigenvalue weighted by atomic mass is 10.2. The molecule has 0 bridgehead atoms. The number of aromatic nitrogens is 1. The van der Waals surface area contributed by atoms with E-state index >= 15 is 0 Å². The first-order chi connectivity index (χ1) is 7.20. The van der Waals surface area contributed by atoms with E-state index in [-0.39, 0.29) is 0 Å². The molecule has 0 amide bonds. The van der Waals surface area contributed by atoms with Crippen LogP contribution in [-0.2, 0) is 0 Å². The van der Waals surface area contributed by atoms with E-state index in [9.17, 15) is 0 Å². The van der Waals surface area contributed by atoms with Crippen LogP contribution in [0.25, 0.3) is 10.6 Å². The zero-order chi connectivity index (χ0) is 10.8. The van der Waals surface area contributed by atoms with Crippen molar-refractivity contribution in [2.24, 2.45) is 0 Å². The fourth-order valence-electron chi connectivity index (χ4n) is 1.19. The van der Waals surface area contributed by atoms with Crippen LogP contribution in [0.1, 0.15) is 0 Å². The van der Waals surface area contributed by atoms with Crippen LogP contribution in [0, 0.1) is 0 Å². The van der Waals surface area contributed by atoms with Gasteiger partial charge in [-0.15, -0.1) is 11.3 Å². The molecule has 15 heavy (non-hydrogen) atoms. The number of methoxy groups -OCH3 is 1. The lowest BCUT2D eigenvalue weighted by molar-refractivity contribution is 0.412. The van der Waals surface area contributed by atoms with Gasteiger partial charge in [-0.1, -0.05) is 11.6 Å². The molecule has 0 saturated carbocycles. The summed E-state index contributed by atoms with van der Waals surface area (Å²) in [5, 5.41) is 3.25. The number of thiazole rings is 1. The molecule has 2 aromatic rings. The Morgan fingerprint density at radius 2 is 2.27 bits per heavy atom. The van der Waals surface area contributed by atoms with Crippen molar-refractivity contribution in [2.75, 3.05) is 7.11 Å². The Hall–Kier alpha value is -0.580. The van der Waals surface area contributed by atoms with Gasteiger partial charge in [-0.2, -0.15) is 0 Å². The maximum Gasteiger partial charge on any atom is 0.140 e. The summed E-state index contributed by atoms with van der Waals surface area (Å²) < 4.78 is 6.06. The van der Waals surface area contributed by atoms with Crippen LogP contribution in [0.15, 0.2) is 28.1 Å². The summed E-state index contributed by atoms with van der Waals surface area (Å²) in [6.07, 6.45) is 0. The van der Waals surface area contributed by atoms with Crippen LogP contribution in [0.4, 0.5) is 0 Å². The molecule has 0 aliphatic carbocycles. The summed E-state index contributed by atoms with van der Waals surface area (Å²) >= 11 is 10.7. The van der Waals surface area contributed by atoms with Crippen LogP contribution in [-0.4, -0.2) is 12.1 Å². The van der Waals surface area contributed by atoms with Crippen molar-refractivity contribution in [2.45, 2.75) is 0 Å². The van der Waals surface area contributed by atoms with Crippen LogP contribution in [0.5, 0.6) is 5.75 Å². The minimum absolute atomic E-state index is 0.530. The molecule has 0 aliphatic rings. The van der Waals surface area contributed by atoms with E-state index in [0.29, 0.717) is 5.15 Å². The first kappa shape index (κ1) is 10.9. The summed E-state index contributed by atoms with van der Waals surface area (Å²) in [6.45, 7) is 0. The molecule has 0 radical (unpaired) electrons. The quantitative estimate of drug-likeness (QED) is 0.828. The Labute approximate surface area is 105 Å². The second kappa shape index (κ2) is 4.51. The minimum atomic E-state index is 0.530. The Bertz CT molecular complexity index is 486. The average molecular weight is 305 g/mol. The van der Waals surface area contributed by atoms with Crippen LogP contribution >= 0.6 is 38.9 Å². The van der Waals surface area contributed by atoms with Gasteiger partial charge in [0.25, 0.3) is 0 Å². The first-order valence-electron chi connectivity index (χ1n) is 4.15. The van der Waals surface area contributed by atoms with Crippen molar-refractivity contribution in [3.8, 4) is 16.3 Å². The number of hydrogen-bond acceptors (Lipinski definition) is 3. The van der Waals surface area contributed by atoms with Gasteiger partial charge in [0.1, 0.15) is 15.9 Å². The first-order valence-corrected chi connectivity index (χ1v) is 6.20. The summed E-state index contributed by atoms with van der Waals surface area (Å²) in [4.78, 5) is 4.20. The standard InChI is InChI=1S/C10H7BrClNOS/c1-14-8-3-2-6(4-7(8)11)10-13-9(12)5-15-10/h2-5H,1H3. The molecule has 0 saturated heterocycles. The lowest BCUT2D eigenvalue weighted by Gasteiger charge is -2.03. The van der Waals surface area contributed by atoms with Crippen LogP contribution in [0.2, 0.25) is 5.15 Å². The van der Waals surface area contributed by atoms with E-state index < -0.39 is 0 Å².